The molecule has 0 radical (unpaired) electrons. The summed E-state index contributed by atoms with van der Waals surface area (Å²) in [5, 5.41) is 19.2. The van der Waals surface area contributed by atoms with Crippen molar-refractivity contribution in [2.24, 2.45) is 7.05 Å². The van der Waals surface area contributed by atoms with E-state index in [1.54, 1.807) is 4.68 Å². The molecule has 2 N–H and O–H groups in total. The van der Waals surface area contributed by atoms with Crippen molar-refractivity contribution >= 4 is 21.9 Å². The number of hydrogen-bond donors (Lipinski definition) is 2. The van der Waals surface area contributed by atoms with Crippen LogP contribution in [0.4, 0.5) is 0 Å². The third-order valence-corrected chi connectivity index (χ3v) is 5.37. The van der Waals surface area contributed by atoms with Gasteiger partial charge in [0.25, 0.3) is 0 Å². The molecule has 0 unspecified atom stereocenters. The fourth-order valence-electron chi connectivity index (χ4n) is 3.92. The first-order valence-electron chi connectivity index (χ1n) is 9.33. The highest BCUT2D eigenvalue weighted by Gasteiger charge is 2.17. The van der Waals surface area contributed by atoms with Crippen molar-refractivity contribution < 1.29 is 5.11 Å². The number of nitrogens with one attached hydrogen (secondary N) is 1. The van der Waals surface area contributed by atoms with E-state index in [0.29, 0.717) is 11.5 Å². The first-order valence-corrected chi connectivity index (χ1v) is 9.33. The summed E-state index contributed by atoms with van der Waals surface area (Å²) in [5.74, 6) is 0.735. The minimum Gasteiger partial charge on any atom is -0.506 e. The third-order valence-electron chi connectivity index (χ3n) is 5.37. The van der Waals surface area contributed by atoms with E-state index in [1.165, 1.54) is 0 Å². The lowest BCUT2D eigenvalue weighted by Gasteiger charge is -2.22. The molecular formula is C21H21N5O. The van der Waals surface area contributed by atoms with E-state index in [2.05, 4.69) is 16.5 Å². The Morgan fingerprint density at radius 3 is 2.56 bits per heavy atom. The predicted molar refractivity (Wildman–Crippen MR) is 106 cm³/mol. The molecule has 0 saturated carbocycles. The van der Waals surface area contributed by atoms with Crippen molar-refractivity contribution in [3.63, 3.8) is 0 Å². The summed E-state index contributed by atoms with van der Waals surface area (Å²) in [6.07, 6.45) is 4.08. The number of piperidine rings is 1. The Hall–Kier alpha value is -2.99. The van der Waals surface area contributed by atoms with Gasteiger partial charge in [-0.15, -0.1) is 0 Å². The molecule has 1 fully saturated rings. The Morgan fingerprint density at radius 1 is 0.963 bits per heavy atom. The standard InChI is InChI=1S/C21H21N5O/c1-26-12-15-18(25-26)3-2-14(21(15)27)17-5-7-19-20(24-17)6-4-16(23-19)13-8-10-22-11-9-13/h2-7,12-13,22,27H,8-11H2,1H3. The average molecular weight is 359 g/mol. The van der Waals surface area contributed by atoms with Gasteiger partial charge in [0.2, 0.25) is 0 Å². The van der Waals surface area contributed by atoms with Gasteiger partial charge < -0.3 is 10.4 Å². The van der Waals surface area contributed by atoms with E-state index in [4.69, 9.17) is 9.97 Å². The molecule has 6 heteroatoms. The van der Waals surface area contributed by atoms with Crippen molar-refractivity contribution in [3.05, 3.63) is 48.3 Å². The molecule has 6 nitrogen and oxygen atoms in total. The first kappa shape index (κ1) is 16.2. The summed E-state index contributed by atoms with van der Waals surface area (Å²) in [6, 6.07) is 11.8. The molecule has 1 aromatic carbocycles. The Morgan fingerprint density at radius 2 is 1.70 bits per heavy atom. The van der Waals surface area contributed by atoms with Crippen LogP contribution in [0.2, 0.25) is 0 Å². The van der Waals surface area contributed by atoms with Crippen molar-refractivity contribution in [2.75, 3.05) is 13.1 Å². The minimum atomic E-state index is 0.215. The van der Waals surface area contributed by atoms with Gasteiger partial charge in [-0.25, -0.2) is 4.98 Å². The number of phenols is 1. The van der Waals surface area contributed by atoms with Crippen molar-refractivity contribution in [3.8, 4) is 17.0 Å². The van der Waals surface area contributed by atoms with Crippen LogP contribution in [0.5, 0.6) is 5.75 Å². The molecule has 0 amide bonds. The number of aromatic nitrogens is 4. The Kier molecular flexibility index (Phi) is 3.79. The van der Waals surface area contributed by atoms with Crippen LogP contribution in [0.25, 0.3) is 33.2 Å². The molecule has 4 heterocycles. The second kappa shape index (κ2) is 6.32. The molecule has 136 valence electrons. The SMILES string of the molecule is Cn1cc2c(O)c(-c3ccc4nc(C5CCNCC5)ccc4n3)ccc2n1. The summed E-state index contributed by atoms with van der Waals surface area (Å²) in [5.41, 5.74) is 5.11. The van der Waals surface area contributed by atoms with Crippen LogP contribution in [0, 0.1) is 0 Å². The zero-order valence-electron chi connectivity index (χ0n) is 15.2. The van der Waals surface area contributed by atoms with Gasteiger partial charge in [0.05, 0.1) is 27.6 Å². The summed E-state index contributed by atoms with van der Waals surface area (Å²) in [7, 11) is 1.85. The summed E-state index contributed by atoms with van der Waals surface area (Å²) in [6.45, 7) is 2.11. The number of fused-ring (bicyclic) bond motifs is 2. The van der Waals surface area contributed by atoms with E-state index in [-0.39, 0.29) is 5.75 Å². The molecular weight excluding hydrogens is 338 g/mol. The van der Waals surface area contributed by atoms with Crippen LogP contribution < -0.4 is 5.32 Å². The van der Waals surface area contributed by atoms with Crippen LogP contribution in [0.15, 0.2) is 42.6 Å². The zero-order valence-corrected chi connectivity index (χ0v) is 15.2. The molecule has 4 aromatic rings. The number of hydrogen-bond acceptors (Lipinski definition) is 5. The maximum Gasteiger partial charge on any atom is 0.135 e. The molecule has 0 spiro atoms. The van der Waals surface area contributed by atoms with Crippen LogP contribution in [-0.2, 0) is 7.05 Å². The number of rotatable bonds is 2. The van der Waals surface area contributed by atoms with Gasteiger partial charge in [0, 0.05) is 30.4 Å². The maximum absolute atomic E-state index is 10.7. The van der Waals surface area contributed by atoms with E-state index in [1.807, 2.05) is 43.6 Å². The molecule has 5 rings (SSSR count). The largest absolute Gasteiger partial charge is 0.506 e. The van der Waals surface area contributed by atoms with Crippen LogP contribution in [-0.4, -0.2) is 37.9 Å². The van der Waals surface area contributed by atoms with Crippen molar-refractivity contribution in [1.29, 1.82) is 0 Å². The molecule has 3 aromatic heterocycles. The quantitative estimate of drug-likeness (QED) is 0.574. The number of benzene rings is 1. The lowest BCUT2D eigenvalue weighted by molar-refractivity contribution is 0.454. The zero-order chi connectivity index (χ0) is 18.4. The second-order valence-electron chi connectivity index (χ2n) is 7.19. The molecule has 1 saturated heterocycles. The van der Waals surface area contributed by atoms with Gasteiger partial charge in [0.15, 0.2) is 0 Å². The first-order chi connectivity index (χ1) is 13.2. The van der Waals surface area contributed by atoms with Gasteiger partial charge in [-0.2, -0.15) is 5.10 Å². The van der Waals surface area contributed by atoms with Gasteiger partial charge >= 0.3 is 0 Å². The molecule has 0 aliphatic carbocycles. The third kappa shape index (κ3) is 2.82. The topological polar surface area (TPSA) is 75.9 Å². The van der Waals surface area contributed by atoms with Crippen LogP contribution >= 0.6 is 0 Å². The second-order valence-corrected chi connectivity index (χ2v) is 7.19. The van der Waals surface area contributed by atoms with E-state index >= 15 is 0 Å². The monoisotopic (exact) mass is 359 g/mol. The van der Waals surface area contributed by atoms with Crippen LogP contribution in [0.3, 0.4) is 0 Å². The number of aromatic hydroxyl groups is 1. The fraction of sp³-hybridized carbons (Fsp3) is 0.286. The lowest BCUT2D eigenvalue weighted by atomic mass is 9.94. The molecule has 0 bridgehead atoms. The molecule has 27 heavy (non-hydrogen) atoms. The van der Waals surface area contributed by atoms with Gasteiger partial charge in [-0.1, -0.05) is 0 Å². The minimum absolute atomic E-state index is 0.215. The van der Waals surface area contributed by atoms with Gasteiger partial charge in [0.1, 0.15) is 5.75 Å². The molecule has 1 aliphatic rings. The highest BCUT2D eigenvalue weighted by atomic mass is 16.3. The number of phenolic OH excluding ortho intramolecular Hbond substituents is 1. The molecule has 0 atom stereocenters. The van der Waals surface area contributed by atoms with Crippen molar-refractivity contribution in [2.45, 2.75) is 18.8 Å². The lowest BCUT2D eigenvalue weighted by Crippen LogP contribution is -2.27. The smallest absolute Gasteiger partial charge is 0.135 e. The van der Waals surface area contributed by atoms with Crippen LogP contribution in [0.1, 0.15) is 24.5 Å². The predicted octanol–water partition coefficient (Wildman–Crippen LogP) is 3.36. The number of pyridine rings is 2. The Labute approximate surface area is 156 Å². The average Bonchev–Trinajstić information content (AvgIpc) is 3.09. The summed E-state index contributed by atoms with van der Waals surface area (Å²) >= 11 is 0. The van der Waals surface area contributed by atoms with E-state index in [0.717, 1.165) is 59.3 Å². The number of aryl methyl sites for hydroxylation is 1. The highest BCUT2D eigenvalue weighted by Crippen LogP contribution is 2.35. The summed E-state index contributed by atoms with van der Waals surface area (Å²) in [4.78, 5) is 9.59. The summed E-state index contributed by atoms with van der Waals surface area (Å²) < 4.78 is 1.70. The normalized spacial score (nSPS) is 15.6. The molecule has 1 aliphatic heterocycles. The van der Waals surface area contributed by atoms with E-state index in [9.17, 15) is 5.11 Å². The maximum atomic E-state index is 10.7. The van der Waals surface area contributed by atoms with Gasteiger partial charge in [-0.05, 0) is 62.3 Å². The number of nitrogens with zero attached hydrogens (tertiary/aromatic N) is 4. The van der Waals surface area contributed by atoms with Crippen molar-refractivity contribution in [1.82, 2.24) is 25.1 Å². The van der Waals surface area contributed by atoms with Gasteiger partial charge in [-0.3, -0.25) is 9.67 Å². The Bertz CT molecular complexity index is 1140. The Balaban J connectivity index is 1.55. The highest BCUT2D eigenvalue weighted by molar-refractivity contribution is 5.92. The fourth-order valence-corrected chi connectivity index (χ4v) is 3.92. The van der Waals surface area contributed by atoms with E-state index < -0.39 is 0 Å².